The summed E-state index contributed by atoms with van der Waals surface area (Å²) in [4.78, 5) is 12.1. The number of hydrogen-bond donors (Lipinski definition) is 3. The molecule has 0 atom stereocenters. The van der Waals surface area contributed by atoms with Crippen molar-refractivity contribution in [2.24, 2.45) is 11.3 Å². The monoisotopic (exact) mass is 252 g/mol. The molecule has 0 spiro atoms. The molecule has 0 unspecified atom stereocenters. The Morgan fingerprint density at radius 2 is 1.78 bits per heavy atom. The van der Waals surface area contributed by atoms with Crippen molar-refractivity contribution in [3.05, 3.63) is 29.8 Å². The molecule has 0 heterocycles. The van der Waals surface area contributed by atoms with E-state index in [0.717, 1.165) is 17.0 Å². The summed E-state index contributed by atoms with van der Waals surface area (Å²) < 4.78 is 0. The summed E-state index contributed by atoms with van der Waals surface area (Å²) >= 11 is 0. The Labute approximate surface area is 107 Å². The van der Waals surface area contributed by atoms with E-state index in [2.05, 4.69) is 0 Å². The van der Waals surface area contributed by atoms with E-state index in [1.807, 2.05) is 19.1 Å². The van der Waals surface area contributed by atoms with E-state index in [9.17, 15) is 15.0 Å². The van der Waals surface area contributed by atoms with E-state index in [-0.39, 0.29) is 0 Å². The van der Waals surface area contributed by atoms with Crippen LogP contribution in [-0.2, 0) is 11.2 Å². The average molecular weight is 252 g/mol. The Morgan fingerprint density at radius 3 is 2.17 bits per heavy atom. The van der Waals surface area contributed by atoms with E-state index in [0.29, 0.717) is 5.69 Å². The number of rotatable bonds is 5. The molecule has 18 heavy (non-hydrogen) atoms. The zero-order chi connectivity index (χ0) is 13.8. The fourth-order valence-corrected chi connectivity index (χ4v) is 1.49. The van der Waals surface area contributed by atoms with Crippen molar-refractivity contribution in [3.63, 3.8) is 0 Å². The second-order valence-electron chi connectivity index (χ2n) is 4.57. The average Bonchev–Trinajstić information content (AvgIpc) is 2.44. The fraction of sp³-hybridized carbons (Fsp3) is 0.462. The van der Waals surface area contributed by atoms with Gasteiger partial charge in [-0.25, -0.2) is 10.9 Å². The number of aliphatic hydroxyl groups excluding tert-OH is 2. The lowest BCUT2D eigenvalue weighted by atomic mass is 9.91. The second-order valence-corrected chi connectivity index (χ2v) is 4.57. The predicted molar refractivity (Wildman–Crippen MR) is 69.8 cm³/mol. The van der Waals surface area contributed by atoms with Crippen LogP contribution in [0.1, 0.15) is 19.4 Å². The molecule has 0 aliphatic carbocycles. The number of nitrogens with two attached hydrogens (primary N) is 1. The van der Waals surface area contributed by atoms with Crippen molar-refractivity contribution in [1.29, 1.82) is 0 Å². The number of hydrazine groups is 1. The van der Waals surface area contributed by atoms with Crippen LogP contribution < -0.4 is 10.9 Å². The van der Waals surface area contributed by atoms with Crippen LogP contribution in [0, 0.1) is 5.41 Å². The van der Waals surface area contributed by atoms with E-state index >= 15 is 0 Å². The number of aryl methyl sites for hydroxylation is 1. The summed E-state index contributed by atoms with van der Waals surface area (Å²) in [6.07, 6.45) is 0.907. The third-order valence-electron chi connectivity index (χ3n) is 3.06. The van der Waals surface area contributed by atoms with E-state index in [4.69, 9.17) is 5.84 Å². The summed E-state index contributed by atoms with van der Waals surface area (Å²) in [7, 11) is 0. The third kappa shape index (κ3) is 2.87. The molecule has 5 heteroatoms. The first-order valence-electron chi connectivity index (χ1n) is 5.88. The second kappa shape index (κ2) is 5.95. The zero-order valence-corrected chi connectivity index (χ0v) is 10.8. The van der Waals surface area contributed by atoms with E-state index in [1.54, 1.807) is 12.1 Å². The molecule has 0 saturated carbocycles. The Balaban J connectivity index is 2.92. The first kappa shape index (κ1) is 14.6. The maximum Gasteiger partial charge on any atom is 0.251 e. The van der Waals surface area contributed by atoms with Crippen LogP contribution in [0.25, 0.3) is 0 Å². The highest BCUT2D eigenvalue weighted by molar-refractivity contribution is 5.96. The molecule has 100 valence electrons. The Morgan fingerprint density at radius 1 is 1.28 bits per heavy atom. The normalized spacial score (nSPS) is 11.4. The van der Waals surface area contributed by atoms with Gasteiger partial charge in [0.15, 0.2) is 0 Å². The predicted octanol–water partition coefficient (Wildman–Crippen LogP) is 0.447. The summed E-state index contributed by atoms with van der Waals surface area (Å²) in [6.45, 7) is 2.59. The zero-order valence-electron chi connectivity index (χ0n) is 10.8. The fourth-order valence-electron chi connectivity index (χ4n) is 1.49. The summed E-state index contributed by atoms with van der Waals surface area (Å²) in [5, 5.41) is 19.3. The van der Waals surface area contributed by atoms with Gasteiger partial charge in [-0.15, -0.1) is 0 Å². The number of hydrogen-bond acceptors (Lipinski definition) is 4. The smallest absolute Gasteiger partial charge is 0.251 e. The van der Waals surface area contributed by atoms with Gasteiger partial charge in [0.25, 0.3) is 5.91 Å². The van der Waals surface area contributed by atoms with Gasteiger partial charge < -0.3 is 10.2 Å². The number of carbonyl (C=O) groups is 1. The van der Waals surface area contributed by atoms with Crippen LogP contribution in [-0.4, -0.2) is 29.3 Å². The summed E-state index contributed by atoms with van der Waals surface area (Å²) in [5.74, 6) is 5.21. The van der Waals surface area contributed by atoms with Gasteiger partial charge in [0, 0.05) is 0 Å². The number of nitrogens with zero attached hydrogens (tertiary/aromatic N) is 1. The number of amides is 1. The summed E-state index contributed by atoms with van der Waals surface area (Å²) in [5.41, 5.74) is 0.412. The van der Waals surface area contributed by atoms with Crippen molar-refractivity contribution >= 4 is 11.6 Å². The van der Waals surface area contributed by atoms with Crippen molar-refractivity contribution < 1.29 is 15.0 Å². The highest BCUT2D eigenvalue weighted by atomic mass is 16.3. The highest BCUT2D eigenvalue weighted by Crippen LogP contribution is 2.21. The minimum absolute atomic E-state index is 0.455. The van der Waals surface area contributed by atoms with E-state index < -0.39 is 24.5 Å². The molecule has 0 aliphatic heterocycles. The molecule has 1 amide bonds. The van der Waals surface area contributed by atoms with Crippen LogP contribution in [0.15, 0.2) is 24.3 Å². The lowest BCUT2D eigenvalue weighted by Gasteiger charge is -2.28. The maximum absolute atomic E-state index is 12.1. The molecule has 0 bridgehead atoms. The molecule has 0 fully saturated rings. The SMILES string of the molecule is CCc1ccc(N(N)C(=O)C(C)(CO)CO)cc1. The molecule has 5 nitrogen and oxygen atoms in total. The quantitative estimate of drug-likeness (QED) is 0.403. The molecule has 4 N–H and O–H groups in total. The standard InChI is InChI=1S/C13H20N2O3/c1-3-10-4-6-11(7-5-10)15(14)12(18)13(2,8-16)9-17/h4-7,16-17H,3,8-9,14H2,1-2H3. The Kier molecular flexibility index (Phi) is 4.84. The molecule has 0 aromatic heterocycles. The maximum atomic E-state index is 12.1. The van der Waals surface area contributed by atoms with Crippen LogP contribution >= 0.6 is 0 Å². The van der Waals surface area contributed by atoms with E-state index in [1.165, 1.54) is 6.92 Å². The third-order valence-corrected chi connectivity index (χ3v) is 3.06. The van der Waals surface area contributed by atoms with Gasteiger partial charge in [0.2, 0.25) is 0 Å². The van der Waals surface area contributed by atoms with Gasteiger partial charge in [-0.3, -0.25) is 4.79 Å². The first-order chi connectivity index (χ1) is 8.48. The Hall–Kier alpha value is -1.43. The molecule has 0 saturated heterocycles. The van der Waals surface area contributed by atoms with Gasteiger partial charge in [-0.1, -0.05) is 19.1 Å². The van der Waals surface area contributed by atoms with Gasteiger partial charge >= 0.3 is 0 Å². The number of aliphatic hydroxyl groups is 2. The lowest BCUT2D eigenvalue weighted by molar-refractivity contribution is -0.132. The van der Waals surface area contributed by atoms with Gasteiger partial charge in [-0.05, 0) is 31.0 Å². The Bertz CT molecular complexity index is 399. The van der Waals surface area contributed by atoms with Crippen molar-refractivity contribution in [3.8, 4) is 0 Å². The van der Waals surface area contributed by atoms with Crippen LogP contribution in [0.4, 0.5) is 5.69 Å². The first-order valence-corrected chi connectivity index (χ1v) is 5.88. The van der Waals surface area contributed by atoms with Crippen LogP contribution in [0.2, 0.25) is 0 Å². The molecule has 0 radical (unpaired) electrons. The van der Waals surface area contributed by atoms with Crippen LogP contribution in [0.5, 0.6) is 0 Å². The molecule has 0 aliphatic rings. The lowest BCUT2D eigenvalue weighted by Crippen LogP contribution is -2.50. The number of benzene rings is 1. The molecule has 1 aromatic carbocycles. The topological polar surface area (TPSA) is 86.8 Å². The molecular weight excluding hydrogens is 232 g/mol. The minimum atomic E-state index is -1.27. The van der Waals surface area contributed by atoms with Crippen molar-refractivity contribution in [2.75, 3.05) is 18.2 Å². The minimum Gasteiger partial charge on any atom is -0.395 e. The summed E-state index contributed by atoms with van der Waals surface area (Å²) in [6, 6.07) is 7.26. The molecule has 1 aromatic rings. The highest BCUT2D eigenvalue weighted by Gasteiger charge is 2.35. The van der Waals surface area contributed by atoms with Crippen molar-refractivity contribution in [2.45, 2.75) is 20.3 Å². The largest absolute Gasteiger partial charge is 0.395 e. The number of carbonyl (C=O) groups excluding carboxylic acids is 1. The van der Waals surface area contributed by atoms with Gasteiger partial charge in [-0.2, -0.15) is 0 Å². The van der Waals surface area contributed by atoms with Crippen LogP contribution in [0.3, 0.4) is 0 Å². The van der Waals surface area contributed by atoms with Gasteiger partial charge in [0.1, 0.15) is 0 Å². The van der Waals surface area contributed by atoms with Crippen molar-refractivity contribution in [1.82, 2.24) is 0 Å². The number of anilines is 1. The molecule has 1 rings (SSSR count). The molecular formula is C13H20N2O3. The van der Waals surface area contributed by atoms with Gasteiger partial charge in [0.05, 0.1) is 24.3 Å².